The fraction of sp³-hybridized carbons (Fsp3) is 0.395. The lowest BCUT2D eigenvalue weighted by Crippen LogP contribution is -2.54. The maximum Gasteiger partial charge on any atom is 0.277 e. The van der Waals surface area contributed by atoms with E-state index in [1.54, 1.807) is 24.3 Å². The van der Waals surface area contributed by atoms with Crippen LogP contribution in [0.4, 0.5) is 30.2 Å². The molecule has 5 rings (SSSR count). The number of fused-ring (bicyclic) bond motifs is 1. The number of carbonyl (C=O) groups excluding carboxylic acids is 5. The zero-order valence-electron chi connectivity index (χ0n) is 29.0. The second-order valence-corrected chi connectivity index (χ2v) is 14.2. The van der Waals surface area contributed by atoms with Crippen molar-refractivity contribution in [3.8, 4) is 0 Å². The second-order valence-electron chi connectivity index (χ2n) is 13.0. The van der Waals surface area contributed by atoms with Crippen molar-refractivity contribution in [1.82, 2.24) is 15.7 Å². The zero-order chi connectivity index (χ0) is 37.9. The smallest absolute Gasteiger partial charge is 0.277 e. The van der Waals surface area contributed by atoms with Crippen molar-refractivity contribution in [2.45, 2.75) is 83.1 Å². The van der Waals surface area contributed by atoms with Gasteiger partial charge in [-0.15, -0.1) is 0 Å². The van der Waals surface area contributed by atoms with Crippen molar-refractivity contribution in [2.24, 2.45) is 0 Å². The molecule has 282 valence electrons. The monoisotopic (exact) mass is 847 g/mol. The third-order valence-corrected chi connectivity index (χ3v) is 9.81. The molecule has 4 N–H and O–H groups in total. The lowest BCUT2D eigenvalue weighted by atomic mass is 10.0. The number of nitrogens with one attached hydrogen (secondary N) is 4. The van der Waals surface area contributed by atoms with Crippen LogP contribution in [0.1, 0.15) is 108 Å². The molecule has 53 heavy (non-hydrogen) atoms. The van der Waals surface area contributed by atoms with Gasteiger partial charge in [0.15, 0.2) is 11.6 Å². The molecule has 1 saturated heterocycles. The Hall–Kier alpha value is -4.51. The molecule has 0 aromatic heterocycles. The van der Waals surface area contributed by atoms with Gasteiger partial charge in [-0.3, -0.25) is 39.0 Å². The van der Waals surface area contributed by atoms with E-state index >= 15 is 0 Å². The number of piperidine rings is 1. The van der Waals surface area contributed by atoms with Gasteiger partial charge in [0.1, 0.15) is 11.9 Å². The molecule has 11 nitrogen and oxygen atoms in total. The van der Waals surface area contributed by atoms with Crippen molar-refractivity contribution in [3.05, 3.63) is 86.2 Å². The van der Waals surface area contributed by atoms with Crippen molar-refractivity contribution < 1.29 is 42.0 Å². The molecule has 3 aromatic rings. The average molecular weight is 848 g/mol. The summed E-state index contributed by atoms with van der Waals surface area (Å²) in [4.78, 5) is 68.5. The van der Waals surface area contributed by atoms with Crippen LogP contribution >= 0.6 is 22.6 Å². The van der Waals surface area contributed by atoms with E-state index in [4.69, 9.17) is 4.84 Å². The minimum absolute atomic E-state index is 0.0766. The Morgan fingerprint density at radius 2 is 1.49 bits per heavy atom. The van der Waals surface area contributed by atoms with Gasteiger partial charge in [-0.2, -0.15) is 0 Å². The van der Waals surface area contributed by atoms with Crippen LogP contribution in [0, 0.1) is 21.0 Å². The number of hydrogen-bond donors (Lipinski definition) is 4. The number of hydrogen-bond acceptors (Lipinski definition) is 8. The number of benzene rings is 3. The molecular weight excluding hydrogens is 806 g/mol. The van der Waals surface area contributed by atoms with Gasteiger partial charge >= 0.3 is 0 Å². The van der Waals surface area contributed by atoms with Crippen LogP contribution in [-0.2, 0) is 14.4 Å². The SMILES string of the molecule is O=C1CCC(N2C(=O)c3ccc(NCCCCCCCCCCCCONC(=O)c4ccc(F)c(F)c4Nc4ccc(I)cc4F)cc3C2=O)C(=O)N1. The maximum absolute atomic E-state index is 14.6. The van der Waals surface area contributed by atoms with E-state index in [2.05, 4.69) is 21.4 Å². The highest BCUT2D eigenvalue weighted by atomic mass is 127. The summed E-state index contributed by atoms with van der Waals surface area (Å²) in [5, 5.41) is 7.99. The molecule has 2 heterocycles. The van der Waals surface area contributed by atoms with Crippen LogP contribution in [0.15, 0.2) is 48.5 Å². The average Bonchev–Trinajstić information content (AvgIpc) is 3.37. The highest BCUT2D eigenvalue weighted by molar-refractivity contribution is 14.1. The van der Waals surface area contributed by atoms with Gasteiger partial charge in [0, 0.05) is 22.2 Å². The Morgan fingerprint density at radius 1 is 0.811 bits per heavy atom. The van der Waals surface area contributed by atoms with E-state index in [1.165, 1.54) is 12.1 Å². The number of rotatable bonds is 19. The molecule has 1 fully saturated rings. The minimum atomic E-state index is -1.30. The maximum atomic E-state index is 14.6. The Kier molecular flexibility index (Phi) is 14.2. The van der Waals surface area contributed by atoms with Crippen LogP contribution in [0.3, 0.4) is 0 Å². The number of anilines is 3. The number of hydroxylamine groups is 1. The number of carbonyl (C=O) groups is 5. The van der Waals surface area contributed by atoms with E-state index in [9.17, 15) is 37.1 Å². The summed E-state index contributed by atoms with van der Waals surface area (Å²) >= 11 is 1.92. The number of halogens is 4. The summed E-state index contributed by atoms with van der Waals surface area (Å²) in [5.74, 6) is -6.03. The zero-order valence-corrected chi connectivity index (χ0v) is 31.2. The van der Waals surface area contributed by atoms with E-state index in [-0.39, 0.29) is 41.8 Å². The molecule has 1 unspecified atom stereocenters. The molecule has 0 spiro atoms. The van der Waals surface area contributed by atoms with Gasteiger partial charge in [-0.1, -0.05) is 51.4 Å². The Labute approximate surface area is 318 Å². The van der Waals surface area contributed by atoms with Crippen LogP contribution < -0.4 is 21.4 Å². The van der Waals surface area contributed by atoms with Gasteiger partial charge in [0.05, 0.1) is 34.7 Å². The first kappa shape index (κ1) is 39.7. The normalized spacial score (nSPS) is 15.4. The first-order valence-corrected chi connectivity index (χ1v) is 18.8. The molecule has 2 aliphatic rings. The number of amides is 5. The number of nitrogens with zero attached hydrogens (tertiary/aromatic N) is 1. The summed E-state index contributed by atoms with van der Waals surface area (Å²) < 4.78 is 43.5. The molecule has 1 atom stereocenters. The first-order valence-electron chi connectivity index (χ1n) is 17.8. The quantitative estimate of drug-likeness (QED) is 0.0420. The number of imide groups is 2. The third kappa shape index (κ3) is 10.3. The highest BCUT2D eigenvalue weighted by Gasteiger charge is 2.44. The Bertz CT molecular complexity index is 1860. The Morgan fingerprint density at radius 3 is 2.19 bits per heavy atom. The summed E-state index contributed by atoms with van der Waals surface area (Å²) in [6, 6.07) is 10.1. The minimum Gasteiger partial charge on any atom is -0.385 e. The lowest BCUT2D eigenvalue weighted by Gasteiger charge is -2.27. The molecule has 5 amide bonds. The summed E-state index contributed by atoms with van der Waals surface area (Å²) in [5.41, 5.74) is 2.68. The standard InChI is InChI=1S/C38H41F3IN5O6/c39-28-15-14-26(34(33(28)41)44-30-16-11-23(42)21-29(30)40)35(49)46-53-20-10-8-6-4-2-1-3-5-7-9-19-43-24-12-13-25-27(22-24)38(52)47(37(25)51)31-17-18-32(48)45-36(31)50/h11-16,21-22,31,43-44H,1-10,17-20H2,(H,46,49)(H,45,48,50). The molecule has 15 heteroatoms. The molecule has 0 saturated carbocycles. The van der Waals surface area contributed by atoms with Crippen LogP contribution in [0.25, 0.3) is 0 Å². The van der Waals surface area contributed by atoms with E-state index in [1.807, 2.05) is 22.6 Å². The summed E-state index contributed by atoms with van der Waals surface area (Å²) in [7, 11) is 0. The van der Waals surface area contributed by atoms with Gasteiger partial charge in [0.2, 0.25) is 11.8 Å². The van der Waals surface area contributed by atoms with Crippen molar-refractivity contribution >= 4 is 69.2 Å². The Balaban J connectivity index is 0.893. The topological polar surface area (TPSA) is 146 Å². The fourth-order valence-electron chi connectivity index (χ4n) is 6.29. The van der Waals surface area contributed by atoms with Gasteiger partial charge in [-0.05, 0) is 90.4 Å². The first-order chi connectivity index (χ1) is 25.5. The largest absolute Gasteiger partial charge is 0.385 e. The molecule has 0 bridgehead atoms. The van der Waals surface area contributed by atoms with Crippen LogP contribution in [-0.4, -0.2) is 53.6 Å². The van der Waals surface area contributed by atoms with Crippen molar-refractivity contribution in [2.75, 3.05) is 23.8 Å². The molecular formula is C38H41F3IN5O6. The highest BCUT2D eigenvalue weighted by Crippen LogP contribution is 2.31. The molecule has 0 aliphatic carbocycles. The summed E-state index contributed by atoms with van der Waals surface area (Å²) in [6.07, 6.45) is 10.4. The third-order valence-electron chi connectivity index (χ3n) is 9.14. The molecule has 2 aliphatic heterocycles. The predicted molar refractivity (Wildman–Crippen MR) is 200 cm³/mol. The van der Waals surface area contributed by atoms with Crippen LogP contribution in [0.5, 0.6) is 0 Å². The van der Waals surface area contributed by atoms with Crippen LogP contribution in [0.2, 0.25) is 0 Å². The predicted octanol–water partition coefficient (Wildman–Crippen LogP) is 7.53. The fourth-order valence-corrected chi connectivity index (χ4v) is 6.74. The van der Waals surface area contributed by atoms with E-state index in [0.29, 0.717) is 16.5 Å². The second kappa shape index (κ2) is 19.0. The molecule has 0 radical (unpaired) electrons. The van der Waals surface area contributed by atoms with Crippen molar-refractivity contribution in [1.29, 1.82) is 0 Å². The van der Waals surface area contributed by atoms with Gasteiger partial charge < -0.3 is 10.6 Å². The van der Waals surface area contributed by atoms with E-state index in [0.717, 1.165) is 80.5 Å². The van der Waals surface area contributed by atoms with E-state index < -0.39 is 58.7 Å². The van der Waals surface area contributed by atoms with Crippen molar-refractivity contribution in [3.63, 3.8) is 0 Å². The van der Waals surface area contributed by atoms with Gasteiger partial charge in [0.25, 0.3) is 17.7 Å². The lowest BCUT2D eigenvalue weighted by molar-refractivity contribution is -0.136. The van der Waals surface area contributed by atoms with Gasteiger partial charge in [-0.25, -0.2) is 18.7 Å². The number of unbranched alkanes of at least 4 members (excludes halogenated alkanes) is 9. The molecule has 3 aromatic carbocycles. The summed E-state index contributed by atoms with van der Waals surface area (Å²) in [6.45, 7) is 0.963.